The Labute approximate surface area is 123 Å². The summed E-state index contributed by atoms with van der Waals surface area (Å²) in [5, 5.41) is 3.29. The molecule has 1 aromatic heterocycles. The highest BCUT2D eigenvalue weighted by Crippen LogP contribution is 2.11. The Hall–Kier alpha value is -2.07. The van der Waals surface area contributed by atoms with Gasteiger partial charge < -0.3 is 10.2 Å². The van der Waals surface area contributed by atoms with Crippen LogP contribution >= 0.6 is 11.6 Å². The van der Waals surface area contributed by atoms with Crippen molar-refractivity contribution in [3.63, 3.8) is 0 Å². The number of nitrogens with one attached hydrogen (secondary N) is 1. The fourth-order valence-electron chi connectivity index (χ4n) is 1.70. The molecule has 2 aromatic rings. The molecular formula is C15H16ClN3O. The van der Waals surface area contributed by atoms with Crippen LogP contribution in [0, 0.1) is 6.92 Å². The molecular weight excluding hydrogens is 274 g/mol. The second-order valence-electron chi connectivity index (χ2n) is 4.64. The lowest BCUT2D eigenvalue weighted by atomic mass is 10.2. The lowest BCUT2D eigenvalue weighted by Crippen LogP contribution is -2.30. The first-order valence-corrected chi connectivity index (χ1v) is 6.61. The maximum absolute atomic E-state index is 12.0. The number of aromatic nitrogens is 1. The molecule has 2 rings (SSSR count). The van der Waals surface area contributed by atoms with Crippen molar-refractivity contribution in [3.05, 3.63) is 58.9 Å². The Morgan fingerprint density at radius 3 is 2.55 bits per heavy atom. The molecule has 0 aliphatic heterocycles. The Morgan fingerprint density at radius 2 is 1.95 bits per heavy atom. The molecule has 2 amide bonds. The fourth-order valence-corrected chi connectivity index (χ4v) is 1.81. The van der Waals surface area contributed by atoms with Gasteiger partial charge in [0, 0.05) is 25.5 Å². The monoisotopic (exact) mass is 289 g/mol. The van der Waals surface area contributed by atoms with Gasteiger partial charge in [-0.25, -0.2) is 9.78 Å². The van der Waals surface area contributed by atoms with E-state index in [9.17, 15) is 4.79 Å². The molecule has 1 heterocycles. The van der Waals surface area contributed by atoms with Crippen LogP contribution in [0.2, 0.25) is 5.15 Å². The summed E-state index contributed by atoms with van der Waals surface area (Å²) in [6.45, 7) is 2.48. The van der Waals surface area contributed by atoms with E-state index in [4.69, 9.17) is 11.6 Å². The Morgan fingerprint density at radius 1 is 1.25 bits per heavy atom. The van der Waals surface area contributed by atoms with Crippen molar-refractivity contribution in [1.29, 1.82) is 0 Å². The van der Waals surface area contributed by atoms with Gasteiger partial charge in [-0.2, -0.15) is 0 Å². The molecule has 1 aromatic carbocycles. The first-order valence-electron chi connectivity index (χ1n) is 6.24. The van der Waals surface area contributed by atoms with Crippen LogP contribution < -0.4 is 5.32 Å². The second kappa shape index (κ2) is 6.39. The van der Waals surface area contributed by atoms with Crippen molar-refractivity contribution in [3.8, 4) is 0 Å². The molecule has 0 bridgehead atoms. The van der Waals surface area contributed by atoms with Crippen molar-refractivity contribution < 1.29 is 4.79 Å². The van der Waals surface area contributed by atoms with Gasteiger partial charge in [0.15, 0.2) is 0 Å². The Bertz CT molecular complexity index is 581. The molecule has 0 fully saturated rings. The average Bonchev–Trinajstić information content (AvgIpc) is 2.44. The second-order valence-corrected chi connectivity index (χ2v) is 5.03. The molecule has 1 N–H and O–H groups in total. The first-order chi connectivity index (χ1) is 9.54. The van der Waals surface area contributed by atoms with Crippen LogP contribution in [0.5, 0.6) is 0 Å². The topological polar surface area (TPSA) is 45.2 Å². The van der Waals surface area contributed by atoms with Crippen molar-refractivity contribution in [2.24, 2.45) is 0 Å². The minimum absolute atomic E-state index is 0.163. The number of nitrogens with zero attached hydrogens (tertiary/aromatic N) is 2. The number of urea groups is 1. The standard InChI is InChI=1S/C15H16ClN3O/c1-11-3-6-13(7-4-11)18-15(20)19(2)10-12-5-8-14(16)17-9-12/h3-9H,10H2,1-2H3,(H,18,20). The number of benzene rings is 1. The highest BCUT2D eigenvalue weighted by molar-refractivity contribution is 6.29. The van der Waals surface area contributed by atoms with Gasteiger partial charge in [0.2, 0.25) is 0 Å². The molecule has 0 unspecified atom stereocenters. The summed E-state index contributed by atoms with van der Waals surface area (Å²) in [6, 6.07) is 11.1. The Kier molecular flexibility index (Phi) is 4.58. The highest BCUT2D eigenvalue weighted by atomic mass is 35.5. The van der Waals surface area contributed by atoms with E-state index in [-0.39, 0.29) is 6.03 Å². The van der Waals surface area contributed by atoms with Crippen LogP contribution in [0.25, 0.3) is 0 Å². The summed E-state index contributed by atoms with van der Waals surface area (Å²) in [7, 11) is 1.73. The number of anilines is 1. The van der Waals surface area contributed by atoms with Gasteiger partial charge in [0.25, 0.3) is 0 Å². The van der Waals surface area contributed by atoms with Gasteiger partial charge in [-0.3, -0.25) is 0 Å². The van der Waals surface area contributed by atoms with E-state index in [1.165, 1.54) is 0 Å². The van der Waals surface area contributed by atoms with Gasteiger partial charge in [-0.15, -0.1) is 0 Å². The van der Waals surface area contributed by atoms with E-state index < -0.39 is 0 Å². The average molecular weight is 290 g/mol. The van der Waals surface area contributed by atoms with Gasteiger partial charge in [-0.1, -0.05) is 35.4 Å². The number of carbonyl (C=O) groups excluding carboxylic acids is 1. The van der Waals surface area contributed by atoms with Crippen molar-refractivity contribution in [2.45, 2.75) is 13.5 Å². The van der Waals surface area contributed by atoms with Crippen LogP contribution in [-0.2, 0) is 6.54 Å². The SMILES string of the molecule is Cc1ccc(NC(=O)N(C)Cc2ccc(Cl)nc2)cc1. The third kappa shape index (κ3) is 3.96. The van der Waals surface area contributed by atoms with E-state index in [2.05, 4.69) is 10.3 Å². The van der Waals surface area contributed by atoms with E-state index in [1.807, 2.05) is 37.3 Å². The summed E-state index contributed by atoms with van der Waals surface area (Å²) >= 11 is 5.73. The van der Waals surface area contributed by atoms with Crippen LogP contribution in [0.3, 0.4) is 0 Å². The minimum Gasteiger partial charge on any atom is -0.323 e. The summed E-state index contributed by atoms with van der Waals surface area (Å²) in [4.78, 5) is 17.6. The van der Waals surface area contributed by atoms with Crippen molar-refractivity contribution in [2.75, 3.05) is 12.4 Å². The normalized spacial score (nSPS) is 10.2. The summed E-state index contributed by atoms with van der Waals surface area (Å²) in [6.07, 6.45) is 1.66. The Balaban J connectivity index is 1.94. The number of halogens is 1. The zero-order valence-corrected chi connectivity index (χ0v) is 12.2. The third-order valence-corrected chi connectivity index (χ3v) is 3.08. The first kappa shape index (κ1) is 14.3. The van der Waals surface area contributed by atoms with Crippen LogP contribution in [0.15, 0.2) is 42.6 Å². The largest absolute Gasteiger partial charge is 0.323 e. The van der Waals surface area contributed by atoms with Crippen LogP contribution in [-0.4, -0.2) is 23.0 Å². The van der Waals surface area contributed by atoms with Crippen LogP contribution in [0.1, 0.15) is 11.1 Å². The smallest absolute Gasteiger partial charge is 0.321 e. The van der Waals surface area contributed by atoms with E-state index in [0.29, 0.717) is 11.7 Å². The van der Waals surface area contributed by atoms with Gasteiger partial charge in [0.05, 0.1) is 0 Å². The molecule has 20 heavy (non-hydrogen) atoms. The molecule has 4 nitrogen and oxygen atoms in total. The number of rotatable bonds is 3. The lowest BCUT2D eigenvalue weighted by molar-refractivity contribution is 0.220. The molecule has 0 radical (unpaired) electrons. The van der Waals surface area contributed by atoms with Gasteiger partial charge in [-0.05, 0) is 30.7 Å². The maximum Gasteiger partial charge on any atom is 0.321 e. The van der Waals surface area contributed by atoms with Gasteiger partial charge in [0.1, 0.15) is 5.15 Å². The molecule has 0 aliphatic rings. The van der Waals surface area contributed by atoms with E-state index in [0.717, 1.165) is 16.8 Å². The molecule has 0 spiro atoms. The lowest BCUT2D eigenvalue weighted by Gasteiger charge is -2.18. The number of carbonyl (C=O) groups is 1. The quantitative estimate of drug-likeness (QED) is 0.876. The zero-order chi connectivity index (χ0) is 14.5. The molecule has 0 saturated heterocycles. The third-order valence-electron chi connectivity index (χ3n) is 2.86. The van der Waals surface area contributed by atoms with E-state index >= 15 is 0 Å². The van der Waals surface area contributed by atoms with E-state index in [1.54, 1.807) is 24.2 Å². The predicted octanol–water partition coefficient (Wildman–Crippen LogP) is 3.71. The number of amides is 2. The number of hydrogen-bond acceptors (Lipinski definition) is 2. The number of pyridine rings is 1. The van der Waals surface area contributed by atoms with Gasteiger partial charge >= 0.3 is 6.03 Å². The zero-order valence-electron chi connectivity index (χ0n) is 11.4. The molecule has 5 heteroatoms. The number of aryl methyl sites for hydroxylation is 1. The van der Waals surface area contributed by atoms with Crippen molar-refractivity contribution in [1.82, 2.24) is 9.88 Å². The summed E-state index contributed by atoms with van der Waals surface area (Å²) in [5.41, 5.74) is 2.86. The summed E-state index contributed by atoms with van der Waals surface area (Å²) < 4.78 is 0. The molecule has 0 atom stereocenters. The minimum atomic E-state index is -0.163. The summed E-state index contributed by atoms with van der Waals surface area (Å²) in [5.74, 6) is 0. The predicted molar refractivity (Wildman–Crippen MR) is 80.9 cm³/mol. The highest BCUT2D eigenvalue weighted by Gasteiger charge is 2.09. The van der Waals surface area contributed by atoms with Crippen LogP contribution in [0.4, 0.5) is 10.5 Å². The molecule has 0 saturated carbocycles. The molecule has 0 aliphatic carbocycles. The maximum atomic E-state index is 12.0. The molecule has 104 valence electrons. The number of hydrogen-bond donors (Lipinski definition) is 1. The van der Waals surface area contributed by atoms with Crippen molar-refractivity contribution >= 4 is 23.3 Å². The fraction of sp³-hybridized carbons (Fsp3) is 0.200.